The van der Waals surface area contributed by atoms with Crippen molar-refractivity contribution in [2.24, 2.45) is 0 Å². The molecule has 2 amide bonds. The molecule has 0 unspecified atom stereocenters. The van der Waals surface area contributed by atoms with Crippen molar-refractivity contribution in [2.45, 2.75) is 43.7 Å². The molecule has 1 aromatic carbocycles. The first kappa shape index (κ1) is 23.1. The number of likely N-dealkylation sites (tertiary alicyclic amines) is 1. The summed E-state index contributed by atoms with van der Waals surface area (Å²) in [5.41, 5.74) is 3.03. The number of imidazole rings is 1. The van der Waals surface area contributed by atoms with Crippen LogP contribution in [0.5, 0.6) is 0 Å². The van der Waals surface area contributed by atoms with Crippen LogP contribution in [0.4, 0.5) is 0 Å². The summed E-state index contributed by atoms with van der Waals surface area (Å²) in [6, 6.07) is 6.72. The van der Waals surface area contributed by atoms with E-state index in [0.717, 1.165) is 42.8 Å². The van der Waals surface area contributed by atoms with Gasteiger partial charge in [-0.15, -0.1) is 0 Å². The molecule has 0 radical (unpaired) electrons. The van der Waals surface area contributed by atoms with Crippen molar-refractivity contribution in [3.63, 3.8) is 0 Å². The lowest BCUT2D eigenvalue weighted by Gasteiger charge is -2.44. The SMILES string of the molecule is CSCC[C@H](NC(=O)Cc1ccc(Cl)cc1)C(=O)N1CCC2(CC1)NCCc1[nH]cnc12. The molecule has 2 aliphatic heterocycles. The summed E-state index contributed by atoms with van der Waals surface area (Å²) >= 11 is 7.61. The van der Waals surface area contributed by atoms with Gasteiger partial charge in [0.2, 0.25) is 11.8 Å². The maximum absolute atomic E-state index is 13.3. The number of aromatic nitrogens is 2. The molecule has 32 heavy (non-hydrogen) atoms. The molecule has 3 heterocycles. The average Bonchev–Trinajstić information content (AvgIpc) is 3.29. The molecule has 7 nitrogen and oxygen atoms in total. The number of piperidine rings is 1. The van der Waals surface area contributed by atoms with Crippen LogP contribution in [-0.2, 0) is 28.0 Å². The van der Waals surface area contributed by atoms with Crippen LogP contribution in [0.1, 0.15) is 36.2 Å². The van der Waals surface area contributed by atoms with Crippen molar-refractivity contribution in [3.05, 3.63) is 52.6 Å². The molecule has 9 heteroatoms. The fourth-order valence-electron chi connectivity index (χ4n) is 4.70. The Kier molecular flexibility index (Phi) is 7.43. The Labute approximate surface area is 198 Å². The lowest BCUT2D eigenvalue weighted by atomic mass is 9.80. The Hall–Kier alpha value is -2.03. The summed E-state index contributed by atoms with van der Waals surface area (Å²) in [4.78, 5) is 35.7. The molecular formula is C23H30ClN5O2S. The van der Waals surface area contributed by atoms with Gasteiger partial charge >= 0.3 is 0 Å². The maximum atomic E-state index is 13.3. The molecule has 1 spiro atoms. The number of hydrogen-bond donors (Lipinski definition) is 3. The zero-order chi connectivity index (χ0) is 22.6. The largest absolute Gasteiger partial charge is 0.348 e. The number of nitrogens with zero attached hydrogens (tertiary/aromatic N) is 2. The van der Waals surface area contributed by atoms with Crippen LogP contribution in [-0.4, -0.2) is 64.4 Å². The number of fused-ring (bicyclic) bond motifs is 2. The summed E-state index contributed by atoms with van der Waals surface area (Å²) in [6.45, 7) is 2.22. The Morgan fingerprint density at radius 1 is 1.28 bits per heavy atom. The number of benzene rings is 1. The highest BCUT2D eigenvalue weighted by molar-refractivity contribution is 7.98. The zero-order valence-electron chi connectivity index (χ0n) is 18.3. The van der Waals surface area contributed by atoms with Crippen molar-refractivity contribution < 1.29 is 9.59 Å². The highest BCUT2D eigenvalue weighted by atomic mass is 35.5. The van der Waals surface area contributed by atoms with Gasteiger partial charge in [0.05, 0.1) is 24.0 Å². The second-order valence-corrected chi connectivity index (χ2v) is 9.94. The van der Waals surface area contributed by atoms with E-state index in [1.807, 2.05) is 23.3 Å². The smallest absolute Gasteiger partial charge is 0.245 e. The monoisotopic (exact) mass is 475 g/mol. The number of H-pyrrole nitrogens is 1. The minimum absolute atomic E-state index is 0.0106. The lowest BCUT2D eigenvalue weighted by molar-refractivity contribution is -0.138. The van der Waals surface area contributed by atoms with E-state index >= 15 is 0 Å². The van der Waals surface area contributed by atoms with E-state index in [1.54, 1.807) is 30.2 Å². The van der Waals surface area contributed by atoms with Crippen molar-refractivity contribution in [1.29, 1.82) is 0 Å². The minimum atomic E-state index is -0.503. The molecule has 2 aromatic rings. The number of hydrogen-bond acceptors (Lipinski definition) is 5. The lowest BCUT2D eigenvalue weighted by Crippen LogP contribution is -2.58. The van der Waals surface area contributed by atoms with Gasteiger partial charge in [-0.05, 0) is 49.0 Å². The fourth-order valence-corrected chi connectivity index (χ4v) is 5.30. The number of amides is 2. The number of aromatic amines is 1. The van der Waals surface area contributed by atoms with Crippen LogP contribution in [0.25, 0.3) is 0 Å². The summed E-state index contributed by atoms with van der Waals surface area (Å²) in [6.07, 6.45) is 7.24. The highest BCUT2D eigenvalue weighted by Crippen LogP contribution is 2.36. The number of halogens is 1. The van der Waals surface area contributed by atoms with E-state index in [4.69, 9.17) is 11.6 Å². The van der Waals surface area contributed by atoms with Gasteiger partial charge in [-0.2, -0.15) is 11.8 Å². The van der Waals surface area contributed by atoms with Crippen molar-refractivity contribution in [3.8, 4) is 0 Å². The quantitative estimate of drug-likeness (QED) is 0.572. The van der Waals surface area contributed by atoms with Crippen molar-refractivity contribution >= 4 is 35.2 Å². The third-order valence-corrected chi connectivity index (χ3v) is 7.36. The minimum Gasteiger partial charge on any atom is -0.348 e. The molecule has 4 rings (SSSR count). The molecule has 0 bridgehead atoms. The predicted octanol–water partition coefficient (Wildman–Crippen LogP) is 2.51. The van der Waals surface area contributed by atoms with E-state index in [0.29, 0.717) is 24.5 Å². The van der Waals surface area contributed by atoms with Crippen LogP contribution < -0.4 is 10.6 Å². The summed E-state index contributed by atoms with van der Waals surface area (Å²) < 4.78 is 0. The third-order valence-electron chi connectivity index (χ3n) is 6.46. The van der Waals surface area contributed by atoms with Crippen LogP contribution in [0, 0.1) is 0 Å². The van der Waals surface area contributed by atoms with Gasteiger partial charge in [0.15, 0.2) is 0 Å². The van der Waals surface area contributed by atoms with Gasteiger partial charge < -0.3 is 20.5 Å². The first-order valence-electron chi connectivity index (χ1n) is 11.1. The number of thioether (sulfide) groups is 1. The second kappa shape index (κ2) is 10.3. The summed E-state index contributed by atoms with van der Waals surface area (Å²) in [7, 11) is 0. The Balaban J connectivity index is 1.38. The van der Waals surface area contributed by atoms with Crippen LogP contribution in [0.3, 0.4) is 0 Å². The first-order chi connectivity index (χ1) is 15.5. The summed E-state index contributed by atoms with van der Waals surface area (Å²) in [5.74, 6) is 0.680. The number of carbonyl (C=O) groups is 2. The summed E-state index contributed by atoms with van der Waals surface area (Å²) in [5, 5.41) is 7.28. The number of carbonyl (C=O) groups excluding carboxylic acids is 2. The van der Waals surface area contributed by atoms with Crippen LogP contribution in [0.15, 0.2) is 30.6 Å². The van der Waals surface area contributed by atoms with E-state index < -0.39 is 6.04 Å². The molecule has 0 aliphatic carbocycles. The average molecular weight is 476 g/mol. The van der Waals surface area contributed by atoms with E-state index in [9.17, 15) is 9.59 Å². The van der Waals surface area contributed by atoms with Gasteiger partial charge in [0.25, 0.3) is 0 Å². The Morgan fingerprint density at radius 3 is 2.75 bits per heavy atom. The molecule has 2 aliphatic rings. The molecule has 1 aromatic heterocycles. The topological polar surface area (TPSA) is 90.1 Å². The second-order valence-electron chi connectivity index (χ2n) is 8.52. The van der Waals surface area contributed by atoms with Gasteiger partial charge in [-0.1, -0.05) is 23.7 Å². The highest BCUT2D eigenvalue weighted by Gasteiger charge is 2.42. The normalized spacial score (nSPS) is 18.2. The molecule has 1 atom stereocenters. The molecule has 1 saturated heterocycles. The van der Waals surface area contributed by atoms with Crippen LogP contribution in [0.2, 0.25) is 5.02 Å². The van der Waals surface area contributed by atoms with Gasteiger partial charge in [0.1, 0.15) is 6.04 Å². The van der Waals surface area contributed by atoms with E-state index in [2.05, 4.69) is 20.6 Å². The molecule has 1 fully saturated rings. The number of rotatable bonds is 7. The van der Waals surface area contributed by atoms with Gasteiger partial charge in [0, 0.05) is 36.8 Å². The van der Waals surface area contributed by atoms with Gasteiger partial charge in [-0.25, -0.2) is 4.98 Å². The predicted molar refractivity (Wildman–Crippen MR) is 128 cm³/mol. The Morgan fingerprint density at radius 2 is 2.03 bits per heavy atom. The fraction of sp³-hybridized carbons (Fsp3) is 0.522. The first-order valence-corrected chi connectivity index (χ1v) is 12.9. The van der Waals surface area contributed by atoms with Crippen molar-refractivity contribution in [2.75, 3.05) is 31.6 Å². The number of nitrogens with one attached hydrogen (secondary N) is 3. The molecule has 172 valence electrons. The maximum Gasteiger partial charge on any atom is 0.245 e. The van der Waals surface area contributed by atoms with E-state index in [1.165, 1.54) is 5.69 Å². The van der Waals surface area contributed by atoms with Crippen molar-refractivity contribution in [1.82, 2.24) is 25.5 Å². The van der Waals surface area contributed by atoms with Crippen LogP contribution >= 0.6 is 23.4 Å². The Bertz CT molecular complexity index is 940. The molecule has 3 N–H and O–H groups in total. The molecule has 0 saturated carbocycles. The van der Waals surface area contributed by atoms with Gasteiger partial charge in [-0.3, -0.25) is 9.59 Å². The zero-order valence-corrected chi connectivity index (χ0v) is 19.9. The molecular weight excluding hydrogens is 446 g/mol. The standard InChI is InChI=1S/C23H30ClN5O2S/c1-32-13-7-19(28-20(30)14-16-2-4-17(24)5-3-16)22(31)29-11-8-23(9-12-29)21-18(6-10-27-23)25-15-26-21/h2-5,15,19,27H,6-14H2,1H3,(H,25,26)(H,28,30)/t19-/m0/s1. The third kappa shape index (κ3) is 5.13. The van der Waals surface area contributed by atoms with E-state index in [-0.39, 0.29) is 23.8 Å².